The minimum Gasteiger partial charge on any atom is -0.385 e. The lowest BCUT2D eigenvalue weighted by atomic mass is 9.92. The first-order chi connectivity index (χ1) is 9.75. The summed E-state index contributed by atoms with van der Waals surface area (Å²) in [6.45, 7) is 10.8. The van der Waals surface area contributed by atoms with Gasteiger partial charge in [-0.2, -0.15) is 0 Å². The third kappa shape index (κ3) is 5.76. The van der Waals surface area contributed by atoms with Crippen molar-refractivity contribution in [2.75, 3.05) is 39.0 Å². The number of hydrogen-bond acceptors (Lipinski definition) is 3. The Morgan fingerprint density at radius 2 is 1.95 bits per heavy atom. The average Bonchev–Trinajstić information content (AvgIpc) is 2.35. The zero-order valence-corrected chi connectivity index (χ0v) is 14.2. The van der Waals surface area contributed by atoms with Crippen molar-refractivity contribution < 1.29 is 4.79 Å². The molecule has 1 rings (SSSR count). The Morgan fingerprint density at radius 3 is 2.48 bits per heavy atom. The van der Waals surface area contributed by atoms with Crippen LogP contribution in [0.25, 0.3) is 0 Å². The highest BCUT2D eigenvalue weighted by Gasteiger charge is 2.20. The maximum absolute atomic E-state index is 12.3. The van der Waals surface area contributed by atoms with Crippen molar-refractivity contribution in [2.24, 2.45) is 5.41 Å². The molecule has 0 radical (unpaired) electrons. The lowest BCUT2D eigenvalue weighted by molar-refractivity contribution is 0.0928. The van der Waals surface area contributed by atoms with Gasteiger partial charge in [0.15, 0.2) is 0 Å². The summed E-state index contributed by atoms with van der Waals surface area (Å²) in [7, 11) is 4.10. The van der Waals surface area contributed by atoms with E-state index in [1.165, 1.54) is 0 Å². The van der Waals surface area contributed by atoms with Crippen LogP contribution in [0.1, 0.15) is 36.7 Å². The molecular weight excluding hydrogens is 262 g/mol. The van der Waals surface area contributed by atoms with Gasteiger partial charge in [0, 0.05) is 30.9 Å². The minimum absolute atomic E-state index is 0.00220. The van der Waals surface area contributed by atoms with Crippen LogP contribution in [0.2, 0.25) is 0 Å². The normalized spacial score (nSPS) is 11.6. The molecule has 1 aromatic rings. The molecule has 0 saturated carbocycles. The van der Waals surface area contributed by atoms with E-state index in [-0.39, 0.29) is 11.3 Å². The Bertz CT molecular complexity index is 481. The number of amides is 1. The third-order valence-electron chi connectivity index (χ3n) is 3.32. The minimum atomic E-state index is 0.00220. The molecule has 1 amide bonds. The predicted molar refractivity (Wildman–Crippen MR) is 90.0 cm³/mol. The third-order valence-corrected chi connectivity index (χ3v) is 3.32. The molecule has 0 bridgehead atoms. The van der Waals surface area contributed by atoms with E-state index in [1.54, 1.807) is 0 Å². The van der Waals surface area contributed by atoms with Crippen LogP contribution in [0, 0.1) is 12.3 Å². The monoisotopic (exact) mass is 291 g/mol. The first-order valence-corrected chi connectivity index (χ1v) is 7.52. The van der Waals surface area contributed by atoms with E-state index >= 15 is 0 Å². The maximum atomic E-state index is 12.3. The Labute approximate surface area is 128 Å². The molecule has 21 heavy (non-hydrogen) atoms. The second-order valence-corrected chi connectivity index (χ2v) is 6.64. The van der Waals surface area contributed by atoms with Gasteiger partial charge in [0.2, 0.25) is 0 Å². The summed E-state index contributed by atoms with van der Waals surface area (Å²) in [4.78, 5) is 14.5. The van der Waals surface area contributed by atoms with Crippen LogP contribution in [-0.2, 0) is 0 Å². The van der Waals surface area contributed by atoms with Crippen LogP contribution >= 0.6 is 0 Å². The summed E-state index contributed by atoms with van der Waals surface area (Å²) in [6, 6.07) is 5.86. The largest absolute Gasteiger partial charge is 0.385 e. The van der Waals surface area contributed by atoms with Crippen molar-refractivity contribution in [3.63, 3.8) is 0 Å². The van der Waals surface area contributed by atoms with E-state index in [1.807, 2.05) is 39.2 Å². The van der Waals surface area contributed by atoms with Crippen molar-refractivity contribution in [3.8, 4) is 0 Å². The molecule has 4 heteroatoms. The number of nitrogens with one attached hydrogen (secondary N) is 2. The number of benzene rings is 1. The van der Waals surface area contributed by atoms with Crippen molar-refractivity contribution in [2.45, 2.75) is 27.7 Å². The number of carbonyl (C=O) groups is 1. The molecular formula is C17H29N3O. The van der Waals surface area contributed by atoms with Crippen LogP contribution in [-0.4, -0.2) is 44.5 Å². The van der Waals surface area contributed by atoms with Gasteiger partial charge in [-0.05, 0) is 57.1 Å². The van der Waals surface area contributed by atoms with Crippen LogP contribution in [0.4, 0.5) is 5.69 Å². The second-order valence-electron chi connectivity index (χ2n) is 6.64. The van der Waals surface area contributed by atoms with Gasteiger partial charge >= 0.3 is 0 Å². The zero-order chi connectivity index (χ0) is 16.0. The molecule has 0 aliphatic rings. The molecule has 0 fully saturated rings. The molecule has 0 saturated heterocycles. The van der Waals surface area contributed by atoms with Gasteiger partial charge in [0.25, 0.3) is 5.91 Å². The zero-order valence-electron chi connectivity index (χ0n) is 14.2. The number of rotatable bonds is 7. The van der Waals surface area contributed by atoms with Gasteiger partial charge in [-0.25, -0.2) is 0 Å². The van der Waals surface area contributed by atoms with E-state index in [2.05, 4.69) is 36.3 Å². The fourth-order valence-corrected chi connectivity index (χ4v) is 2.56. The van der Waals surface area contributed by atoms with Crippen LogP contribution in [0.3, 0.4) is 0 Å². The Balaban J connectivity index is 2.68. The summed E-state index contributed by atoms with van der Waals surface area (Å²) in [5.41, 5.74) is 2.85. The Kier molecular flexibility index (Phi) is 6.21. The number of aryl methyl sites for hydroxylation is 1. The predicted octanol–water partition coefficient (Wildman–Crippen LogP) is 2.74. The van der Waals surface area contributed by atoms with E-state index in [9.17, 15) is 4.79 Å². The fourth-order valence-electron chi connectivity index (χ4n) is 2.56. The molecule has 0 unspecified atom stereocenters. The summed E-state index contributed by atoms with van der Waals surface area (Å²) in [5, 5.41) is 6.31. The molecule has 0 aliphatic heterocycles. The van der Waals surface area contributed by atoms with E-state index in [0.29, 0.717) is 6.54 Å². The molecule has 1 aromatic carbocycles. The fraction of sp³-hybridized carbons (Fsp3) is 0.588. The van der Waals surface area contributed by atoms with E-state index < -0.39 is 0 Å². The average molecular weight is 291 g/mol. The van der Waals surface area contributed by atoms with Gasteiger partial charge in [0.1, 0.15) is 0 Å². The Hall–Kier alpha value is -1.55. The standard InChI is InChI=1S/C17H29N3O/c1-7-18-14-8-9-15(13(2)10-14)16(21)19-11-17(3,4)12-20(5)6/h8-10,18H,7,11-12H2,1-6H3,(H,19,21). The molecule has 0 aliphatic carbocycles. The molecule has 2 N–H and O–H groups in total. The molecule has 0 heterocycles. The number of carbonyl (C=O) groups excluding carboxylic acids is 1. The summed E-state index contributed by atoms with van der Waals surface area (Å²) in [5.74, 6) is 0.00220. The van der Waals surface area contributed by atoms with Crippen LogP contribution < -0.4 is 10.6 Å². The number of anilines is 1. The van der Waals surface area contributed by atoms with Crippen molar-refractivity contribution in [1.29, 1.82) is 0 Å². The SMILES string of the molecule is CCNc1ccc(C(=O)NCC(C)(C)CN(C)C)c(C)c1. The summed E-state index contributed by atoms with van der Waals surface area (Å²) >= 11 is 0. The van der Waals surface area contributed by atoms with Crippen molar-refractivity contribution >= 4 is 11.6 Å². The summed E-state index contributed by atoms with van der Waals surface area (Å²) < 4.78 is 0. The van der Waals surface area contributed by atoms with Crippen molar-refractivity contribution in [3.05, 3.63) is 29.3 Å². The van der Waals surface area contributed by atoms with Gasteiger partial charge < -0.3 is 15.5 Å². The second kappa shape index (κ2) is 7.46. The lowest BCUT2D eigenvalue weighted by Gasteiger charge is -2.28. The van der Waals surface area contributed by atoms with Gasteiger partial charge in [-0.1, -0.05) is 13.8 Å². The number of hydrogen-bond donors (Lipinski definition) is 2. The van der Waals surface area contributed by atoms with Crippen LogP contribution in [0.15, 0.2) is 18.2 Å². The van der Waals surface area contributed by atoms with Gasteiger partial charge in [0.05, 0.1) is 0 Å². The first-order valence-electron chi connectivity index (χ1n) is 7.52. The first kappa shape index (κ1) is 17.5. The van der Waals surface area contributed by atoms with Gasteiger partial charge in [-0.15, -0.1) is 0 Å². The highest BCUT2D eigenvalue weighted by atomic mass is 16.1. The maximum Gasteiger partial charge on any atom is 0.251 e. The summed E-state index contributed by atoms with van der Waals surface area (Å²) in [6.07, 6.45) is 0. The van der Waals surface area contributed by atoms with Gasteiger partial charge in [-0.3, -0.25) is 4.79 Å². The van der Waals surface area contributed by atoms with Crippen molar-refractivity contribution in [1.82, 2.24) is 10.2 Å². The Morgan fingerprint density at radius 1 is 1.29 bits per heavy atom. The molecule has 4 nitrogen and oxygen atoms in total. The number of nitrogens with zero attached hydrogens (tertiary/aromatic N) is 1. The van der Waals surface area contributed by atoms with E-state index in [0.717, 1.165) is 29.9 Å². The highest BCUT2D eigenvalue weighted by Crippen LogP contribution is 2.17. The van der Waals surface area contributed by atoms with E-state index in [4.69, 9.17) is 0 Å². The molecule has 0 atom stereocenters. The smallest absolute Gasteiger partial charge is 0.251 e. The lowest BCUT2D eigenvalue weighted by Crippen LogP contribution is -2.40. The molecule has 0 aromatic heterocycles. The highest BCUT2D eigenvalue weighted by molar-refractivity contribution is 5.96. The molecule has 0 spiro atoms. The topological polar surface area (TPSA) is 44.4 Å². The quantitative estimate of drug-likeness (QED) is 0.812. The van der Waals surface area contributed by atoms with Crippen LogP contribution in [0.5, 0.6) is 0 Å². The molecule has 118 valence electrons.